The van der Waals surface area contributed by atoms with Crippen LogP contribution in [0.1, 0.15) is 18.9 Å². The third-order valence-electron chi connectivity index (χ3n) is 4.14. The Morgan fingerprint density at radius 3 is 2.14 bits per heavy atom. The van der Waals surface area contributed by atoms with Gasteiger partial charge in [0.2, 0.25) is 20.0 Å². The highest BCUT2D eigenvalue weighted by atomic mass is 32.2. The minimum atomic E-state index is -3.86. The van der Waals surface area contributed by atoms with Gasteiger partial charge in [-0.2, -0.15) is 4.31 Å². The third-order valence-corrected chi connectivity index (χ3v) is 6.60. The molecule has 0 aliphatic heterocycles. The van der Waals surface area contributed by atoms with Crippen LogP contribution in [-0.4, -0.2) is 48.0 Å². The Labute approximate surface area is 172 Å². The minimum Gasteiger partial charge on any atom is -0.377 e. The number of rotatable bonds is 9. The van der Waals surface area contributed by atoms with Gasteiger partial charge in [0.1, 0.15) is 5.82 Å². The molecule has 160 valence electrons. The van der Waals surface area contributed by atoms with Crippen LogP contribution in [0.4, 0.5) is 15.8 Å². The molecule has 29 heavy (non-hydrogen) atoms. The average Bonchev–Trinajstić information content (AvgIpc) is 2.60. The van der Waals surface area contributed by atoms with E-state index in [-0.39, 0.29) is 18.0 Å². The molecule has 0 saturated carbocycles. The molecule has 0 amide bonds. The van der Waals surface area contributed by atoms with Crippen molar-refractivity contribution in [1.82, 2.24) is 4.31 Å². The summed E-state index contributed by atoms with van der Waals surface area (Å²) in [6, 6.07) is 9.68. The smallest absolute Gasteiger partial charge is 0.243 e. The molecule has 10 heteroatoms. The normalized spacial score (nSPS) is 12.2. The zero-order chi connectivity index (χ0) is 21.8. The van der Waals surface area contributed by atoms with E-state index >= 15 is 0 Å². The number of nitrogens with zero attached hydrogens (tertiary/aromatic N) is 2. The molecular weight excluding hydrogens is 417 g/mol. The van der Waals surface area contributed by atoms with Crippen molar-refractivity contribution in [3.05, 3.63) is 53.8 Å². The summed E-state index contributed by atoms with van der Waals surface area (Å²) < 4.78 is 66.3. The molecule has 2 rings (SSSR count). The topological polar surface area (TPSA) is 86.8 Å². The quantitative estimate of drug-likeness (QED) is 0.644. The van der Waals surface area contributed by atoms with Gasteiger partial charge >= 0.3 is 0 Å². The number of sulfonamides is 2. The van der Waals surface area contributed by atoms with Crippen LogP contribution in [0.3, 0.4) is 0 Å². The van der Waals surface area contributed by atoms with E-state index in [1.807, 2.05) is 25.9 Å². The van der Waals surface area contributed by atoms with E-state index in [0.29, 0.717) is 17.7 Å². The molecule has 0 heterocycles. The summed E-state index contributed by atoms with van der Waals surface area (Å²) in [4.78, 5) is 1.83. The lowest BCUT2D eigenvalue weighted by Crippen LogP contribution is -2.32. The number of nitrogens with one attached hydrogen (secondary N) is 1. The highest BCUT2D eigenvalue weighted by Crippen LogP contribution is 2.27. The molecule has 2 aromatic carbocycles. The molecular formula is C19H26FN3O4S2. The monoisotopic (exact) mass is 443 g/mol. The Hall–Kier alpha value is -2.17. The van der Waals surface area contributed by atoms with Crippen LogP contribution in [-0.2, 0) is 26.6 Å². The first-order valence-corrected chi connectivity index (χ1v) is 12.3. The lowest BCUT2D eigenvalue weighted by Gasteiger charge is -2.25. The maximum atomic E-state index is 13.2. The van der Waals surface area contributed by atoms with Gasteiger partial charge in [0.05, 0.1) is 11.2 Å². The van der Waals surface area contributed by atoms with Gasteiger partial charge in [0, 0.05) is 38.6 Å². The Morgan fingerprint density at radius 1 is 1.00 bits per heavy atom. The van der Waals surface area contributed by atoms with Gasteiger partial charge in [0.25, 0.3) is 0 Å². The first-order chi connectivity index (χ1) is 13.4. The van der Waals surface area contributed by atoms with Crippen LogP contribution >= 0.6 is 0 Å². The van der Waals surface area contributed by atoms with Crippen LogP contribution in [0.15, 0.2) is 47.4 Å². The Morgan fingerprint density at radius 2 is 1.62 bits per heavy atom. The molecule has 0 spiro atoms. The van der Waals surface area contributed by atoms with E-state index in [2.05, 4.69) is 4.72 Å². The summed E-state index contributed by atoms with van der Waals surface area (Å²) in [5.41, 5.74) is 1.76. The molecule has 0 aromatic heterocycles. The van der Waals surface area contributed by atoms with E-state index in [4.69, 9.17) is 0 Å². The lowest BCUT2D eigenvalue weighted by molar-refractivity contribution is 0.406. The Balaban J connectivity index is 2.47. The van der Waals surface area contributed by atoms with Crippen LogP contribution in [0.5, 0.6) is 0 Å². The SMILES string of the molecule is CCCN(Cc1cc(NS(C)(=O)=O)ccc1N(C)C)S(=O)(=O)c1ccc(F)cc1. The third kappa shape index (κ3) is 6.15. The second-order valence-electron chi connectivity index (χ2n) is 6.90. The molecule has 0 aliphatic carbocycles. The molecule has 7 nitrogen and oxygen atoms in total. The van der Waals surface area contributed by atoms with Crippen molar-refractivity contribution >= 4 is 31.4 Å². The van der Waals surface area contributed by atoms with Crippen molar-refractivity contribution < 1.29 is 21.2 Å². The summed E-state index contributed by atoms with van der Waals surface area (Å²) in [6.07, 6.45) is 1.63. The van der Waals surface area contributed by atoms with Crippen LogP contribution in [0, 0.1) is 5.82 Å². The second-order valence-corrected chi connectivity index (χ2v) is 10.6. The van der Waals surface area contributed by atoms with E-state index in [1.165, 1.54) is 16.4 Å². The summed E-state index contributed by atoms with van der Waals surface area (Å²) in [6.45, 7) is 2.17. The van der Waals surface area contributed by atoms with Gasteiger partial charge in [-0.3, -0.25) is 4.72 Å². The van der Waals surface area contributed by atoms with Crippen molar-refractivity contribution in [2.75, 3.05) is 36.5 Å². The molecule has 0 aliphatic rings. The molecule has 0 unspecified atom stereocenters. The molecule has 2 aromatic rings. The fourth-order valence-electron chi connectivity index (χ4n) is 2.91. The van der Waals surface area contributed by atoms with Crippen LogP contribution < -0.4 is 9.62 Å². The van der Waals surface area contributed by atoms with Crippen LogP contribution in [0.2, 0.25) is 0 Å². The highest BCUT2D eigenvalue weighted by molar-refractivity contribution is 7.92. The van der Waals surface area contributed by atoms with Gasteiger partial charge in [0.15, 0.2) is 0 Å². The molecule has 0 fully saturated rings. The fourth-order valence-corrected chi connectivity index (χ4v) is 4.97. The first-order valence-electron chi connectivity index (χ1n) is 8.98. The summed E-state index contributed by atoms with van der Waals surface area (Å²) in [5, 5.41) is 0. The number of anilines is 2. The highest BCUT2D eigenvalue weighted by Gasteiger charge is 2.25. The van der Waals surface area contributed by atoms with E-state index in [9.17, 15) is 21.2 Å². The van der Waals surface area contributed by atoms with Gasteiger partial charge in [-0.15, -0.1) is 0 Å². The standard InChI is InChI=1S/C19H26FN3O4S2/c1-5-12-23(29(26,27)18-9-6-16(20)7-10-18)14-15-13-17(21-28(4,24)25)8-11-19(15)22(2)3/h6-11,13,21H,5,12,14H2,1-4H3. The second kappa shape index (κ2) is 9.10. The van der Waals surface area contributed by atoms with Crippen molar-refractivity contribution in [1.29, 1.82) is 0 Å². The van der Waals surface area contributed by atoms with Crippen molar-refractivity contribution in [3.8, 4) is 0 Å². The molecule has 0 bridgehead atoms. The Bertz CT molecular complexity index is 1050. The molecule has 0 saturated heterocycles. The van der Waals surface area contributed by atoms with E-state index < -0.39 is 25.9 Å². The van der Waals surface area contributed by atoms with Crippen molar-refractivity contribution in [2.45, 2.75) is 24.8 Å². The minimum absolute atomic E-state index is 0.00386. The summed E-state index contributed by atoms with van der Waals surface area (Å²) >= 11 is 0. The van der Waals surface area contributed by atoms with E-state index in [0.717, 1.165) is 24.1 Å². The average molecular weight is 444 g/mol. The maximum Gasteiger partial charge on any atom is 0.243 e. The largest absolute Gasteiger partial charge is 0.377 e. The zero-order valence-corrected chi connectivity index (χ0v) is 18.5. The first kappa shape index (κ1) is 23.1. The number of hydrogen-bond acceptors (Lipinski definition) is 5. The number of benzene rings is 2. The van der Waals surface area contributed by atoms with Crippen molar-refractivity contribution in [2.24, 2.45) is 0 Å². The van der Waals surface area contributed by atoms with Crippen LogP contribution in [0.25, 0.3) is 0 Å². The maximum absolute atomic E-state index is 13.2. The number of halogens is 1. The van der Waals surface area contributed by atoms with Gasteiger partial charge in [-0.05, 0) is 54.4 Å². The van der Waals surface area contributed by atoms with E-state index in [1.54, 1.807) is 18.2 Å². The molecule has 0 atom stereocenters. The summed E-state index contributed by atoms with van der Waals surface area (Å²) in [5.74, 6) is -0.513. The van der Waals surface area contributed by atoms with Gasteiger partial charge in [-0.25, -0.2) is 21.2 Å². The fraction of sp³-hybridized carbons (Fsp3) is 0.368. The predicted molar refractivity (Wildman–Crippen MR) is 114 cm³/mol. The number of hydrogen-bond donors (Lipinski definition) is 1. The van der Waals surface area contributed by atoms with Gasteiger partial charge in [-0.1, -0.05) is 6.92 Å². The lowest BCUT2D eigenvalue weighted by atomic mass is 10.1. The summed E-state index contributed by atoms with van der Waals surface area (Å²) in [7, 11) is -3.69. The zero-order valence-electron chi connectivity index (χ0n) is 16.9. The molecule has 0 radical (unpaired) electrons. The van der Waals surface area contributed by atoms with Crippen molar-refractivity contribution in [3.63, 3.8) is 0 Å². The Kier molecular flexibility index (Phi) is 7.25. The predicted octanol–water partition coefficient (Wildman–Crippen LogP) is 2.86. The van der Waals surface area contributed by atoms with Gasteiger partial charge < -0.3 is 4.90 Å². The molecule has 1 N–H and O–H groups in total.